The SMILES string of the molecule is Cc1ccc(N2C(=O)C3Sc4[nH]c(=O)sc4C(c4cccc(OCC(=O)Nc5ccc(Cl)cc5)c4)C3C2=O)cc1. The summed E-state index contributed by atoms with van der Waals surface area (Å²) in [6.45, 7) is 1.70. The number of aromatic amines is 1. The molecule has 1 saturated heterocycles. The summed E-state index contributed by atoms with van der Waals surface area (Å²) in [6, 6.07) is 21.1. The van der Waals surface area contributed by atoms with E-state index in [1.54, 1.807) is 54.6 Å². The maximum atomic E-state index is 13.8. The summed E-state index contributed by atoms with van der Waals surface area (Å²) in [4.78, 5) is 56.8. The van der Waals surface area contributed by atoms with E-state index in [0.29, 0.717) is 37.6 Å². The third-order valence-electron chi connectivity index (χ3n) is 6.83. The van der Waals surface area contributed by atoms with E-state index in [9.17, 15) is 19.2 Å². The van der Waals surface area contributed by atoms with E-state index >= 15 is 0 Å². The molecule has 8 nitrogen and oxygen atoms in total. The third-order valence-corrected chi connectivity index (χ3v) is 9.48. The van der Waals surface area contributed by atoms with Gasteiger partial charge in [-0.05, 0) is 61.0 Å². The highest BCUT2D eigenvalue weighted by Gasteiger charge is 2.56. The number of thioether (sulfide) groups is 1. The monoisotopic (exact) mass is 591 g/mol. The number of carbonyl (C=O) groups is 3. The number of halogens is 1. The molecule has 1 aromatic heterocycles. The molecular weight excluding hydrogens is 570 g/mol. The molecule has 3 aromatic carbocycles. The third kappa shape index (κ3) is 4.94. The molecule has 202 valence electrons. The van der Waals surface area contributed by atoms with Gasteiger partial charge in [0.15, 0.2) is 6.61 Å². The first kappa shape index (κ1) is 26.4. The van der Waals surface area contributed by atoms with Crippen LogP contribution >= 0.6 is 34.7 Å². The van der Waals surface area contributed by atoms with Crippen molar-refractivity contribution in [1.29, 1.82) is 0 Å². The topological polar surface area (TPSA) is 109 Å². The van der Waals surface area contributed by atoms with Gasteiger partial charge in [0.1, 0.15) is 11.0 Å². The van der Waals surface area contributed by atoms with Crippen LogP contribution in [0.3, 0.4) is 0 Å². The Kier molecular flexibility index (Phi) is 6.99. The first-order valence-electron chi connectivity index (χ1n) is 12.4. The van der Waals surface area contributed by atoms with Crippen LogP contribution in [0.5, 0.6) is 5.75 Å². The zero-order chi connectivity index (χ0) is 28.0. The molecule has 11 heteroatoms. The Morgan fingerprint density at radius 2 is 1.77 bits per heavy atom. The highest BCUT2D eigenvalue weighted by atomic mass is 35.5. The molecule has 3 unspecified atom stereocenters. The summed E-state index contributed by atoms with van der Waals surface area (Å²) < 4.78 is 5.78. The molecule has 40 heavy (non-hydrogen) atoms. The summed E-state index contributed by atoms with van der Waals surface area (Å²) in [6.07, 6.45) is 0. The fourth-order valence-electron chi connectivity index (χ4n) is 5.00. The molecule has 6 rings (SSSR count). The van der Waals surface area contributed by atoms with Crippen LogP contribution in [0.15, 0.2) is 82.6 Å². The smallest absolute Gasteiger partial charge is 0.305 e. The Morgan fingerprint density at radius 3 is 2.52 bits per heavy atom. The highest BCUT2D eigenvalue weighted by molar-refractivity contribution is 8.00. The maximum absolute atomic E-state index is 13.8. The Bertz CT molecular complexity index is 1680. The number of H-pyrrole nitrogens is 1. The molecular formula is C29H22ClN3O5S2. The molecule has 0 saturated carbocycles. The number of benzene rings is 3. The number of amides is 3. The fraction of sp³-hybridized carbons (Fsp3) is 0.172. The van der Waals surface area contributed by atoms with Gasteiger partial charge in [0.25, 0.3) is 5.91 Å². The van der Waals surface area contributed by atoms with E-state index in [0.717, 1.165) is 16.9 Å². The fourth-order valence-corrected chi connectivity index (χ4v) is 7.64. The van der Waals surface area contributed by atoms with Crippen molar-refractivity contribution in [2.45, 2.75) is 23.1 Å². The lowest BCUT2D eigenvalue weighted by Gasteiger charge is -2.30. The van der Waals surface area contributed by atoms with Crippen LogP contribution in [0.4, 0.5) is 11.4 Å². The van der Waals surface area contributed by atoms with Gasteiger partial charge in [-0.1, -0.05) is 64.5 Å². The molecule has 0 aliphatic carbocycles. The number of hydrogen-bond acceptors (Lipinski definition) is 7. The minimum absolute atomic E-state index is 0.236. The average molecular weight is 592 g/mol. The largest absolute Gasteiger partial charge is 0.484 e. The molecule has 1 fully saturated rings. The van der Waals surface area contributed by atoms with E-state index in [2.05, 4.69) is 10.3 Å². The summed E-state index contributed by atoms with van der Waals surface area (Å²) in [7, 11) is 0. The van der Waals surface area contributed by atoms with Gasteiger partial charge in [-0.25, -0.2) is 4.90 Å². The molecule has 2 aliphatic heterocycles. The second kappa shape index (κ2) is 10.6. The van der Waals surface area contributed by atoms with Gasteiger partial charge in [0.05, 0.1) is 16.6 Å². The van der Waals surface area contributed by atoms with Crippen molar-refractivity contribution in [1.82, 2.24) is 4.98 Å². The molecule has 3 amide bonds. The number of aromatic nitrogens is 1. The number of ether oxygens (including phenoxy) is 1. The quantitative estimate of drug-likeness (QED) is 0.298. The molecule has 2 N–H and O–H groups in total. The lowest BCUT2D eigenvalue weighted by molar-refractivity contribution is -0.122. The predicted molar refractivity (Wildman–Crippen MR) is 156 cm³/mol. The van der Waals surface area contributed by atoms with E-state index in [-0.39, 0.29) is 29.2 Å². The number of hydrogen-bond donors (Lipinski definition) is 2. The summed E-state index contributed by atoms with van der Waals surface area (Å²) in [5.41, 5.74) is 2.85. The van der Waals surface area contributed by atoms with Gasteiger partial charge in [0, 0.05) is 21.5 Å². The van der Waals surface area contributed by atoms with Gasteiger partial charge in [0.2, 0.25) is 11.8 Å². The number of thiazole rings is 1. The molecule has 2 aliphatic rings. The van der Waals surface area contributed by atoms with Crippen LogP contribution in [0.1, 0.15) is 21.9 Å². The van der Waals surface area contributed by atoms with E-state index in [1.165, 1.54) is 16.7 Å². The average Bonchev–Trinajstić information content (AvgIpc) is 3.43. The van der Waals surface area contributed by atoms with Crippen molar-refractivity contribution in [3.05, 3.63) is 103 Å². The number of nitrogens with zero attached hydrogens (tertiary/aromatic N) is 1. The minimum atomic E-state index is -0.707. The van der Waals surface area contributed by atoms with E-state index in [4.69, 9.17) is 16.3 Å². The Hall–Kier alpha value is -3.86. The number of fused-ring (bicyclic) bond motifs is 2. The van der Waals surface area contributed by atoms with Crippen LogP contribution in [-0.4, -0.2) is 34.6 Å². The maximum Gasteiger partial charge on any atom is 0.305 e. The van der Waals surface area contributed by atoms with Gasteiger partial charge >= 0.3 is 4.87 Å². The zero-order valence-corrected chi connectivity index (χ0v) is 23.4. The van der Waals surface area contributed by atoms with Gasteiger partial charge in [-0.2, -0.15) is 0 Å². The second-order valence-electron chi connectivity index (χ2n) is 9.51. The number of rotatable bonds is 6. The molecule has 0 radical (unpaired) electrons. The summed E-state index contributed by atoms with van der Waals surface area (Å²) in [5.74, 6) is -1.78. The van der Waals surface area contributed by atoms with Gasteiger partial charge in [-0.15, -0.1) is 0 Å². The number of carbonyl (C=O) groups excluding carboxylic acids is 3. The molecule has 0 bridgehead atoms. The number of anilines is 2. The highest BCUT2D eigenvalue weighted by Crippen LogP contribution is 2.53. The van der Waals surface area contributed by atoms with Crippen molar-refractivity contribution in [3.8, 4) is 5.75 Å². The van der Waals surface area contributed by atoms with Crippen LogP contribution in [-0.2, 0) is 14.4 Å². The number of nitrogens with one attached hydrogen (secondary N) is 2. The molecule has 3 heterocycles. The van der Waals surface area contributed by atoms with Crippen molar-refractivity contribution in [2.24, 2.45) is 5.92 Å². The van der Waals surface area contributed by atoms with Crippen LogP contribution in [0, 0.1) is 12.8 Å². The Balaban J connectivity index is 1.28. The lowest BCUT2D eigenvalue weighted by atomic mass is 9.83. The Labute approximate surface area is 242 Å². The number of aryl methyl sites for hydroxylation is 1. The molecule has 0 spiro atoms. The van der Waals surface area contributed by atoms with Crippen LogP contribution in [0.25, 0.3) is 0 Å². The molecule has 3 atom stereocenters. The Morgan fingerprint density at radius 1 is 1.02 bits per heavy atom. The zero-order valence-electron chi connectivity index (χ0n) is 21.1. The van der Waals surface area contributed by atoms with Gasteiger partial charge < -0.3 is 15.0 Å². The second-order valence-corrected chi connectivity index (χ2v) is 12.1. The minimum Gasteiger partial charge on any atom is -0.484 e. The predicted octanol–water partition coefficient (Wildman–Crippen LogP) is 5.21. The lowest BCUT2D eigenvalue weighted by Crippen LogP contribution is -2.32. The van der Waals surface area contributed by atoms with Crippen molar-refractivity contribution >= 4 is 63.8 Å². The normalized spacial score (nSPS) is 19.8. The van der Waals surface area contributed by atoms with Crippen molar-refractivity contribution in [3.63, 3.8) is 0 Å². The first-order chi connectivity index (χ1) is 19.3. The summed E-state index contributed by atoms with van der Waals surface area (Å²) in [5, 5.41) is 3.22. The molecule has 4 aromatic rings. The summed E-state index contributed by atoms with van der Waals surface area (Å²) >= 11 is 8.17. The first-order valence-corrected chi connectivity index (χ1v) is 14.5. The van der Waals surface area contributed by atoms with Crippen molar-refractivity contribution in [2.75, 3.05) is 16.8 Å². The van der Waals surface area contributed by atoms with E-state index < -0.39 is 17.1 Å². The van der Waals surface area contributed by atoms with Crippen molar-refractivity contribution < 1.29 is 19.1 Å². The van der Waals surface area contributed by atoms with E-state index in [1.807, 2.05) is 25.1 Å². The van der Waals surface area contributed by atoms with Gasteiger partial charge in [-0.3, -0.25) is 19.2 Å². The van der Waals surface area contributed by atoms with Crippen LogP contribution < -0.4 is 19.8 Å². The van der Waals surface area contributed by atoms with Crippen LogP contribution in [0.2, 0.25) is 5.02 Å². The number of imide groups is 1. The standard InChI is InChI=1S/C29H22ClN3O5S2/c1-15-5-11-19(12-6-15)33-27(35)23-22(24-26(32-29(37)40-24)39-25(23)28(33)36)16-3-2-4-20(13-16)38-14-21(34)31-18-9-7-17(30)8-10-18/h2-13,22-23,25H,14H2,1H3,(H,31,34)(H,32,37).